The summed E-state index contributed by atoms with van der Waals surface area (Å²) < 4.78 is 5.84. The predicted molar refractivity (Wildman–Crippen MR) is 160 cm³/mol. The Kier molecular flexibility index (Phi) is 10.2. The molecule has 0 aliphatic heterocycles. The molecule has 0 radical (unpaired) electrons. The molecule has 1 saturated carbocycles. The molecule has 1 aliphatic carbocycles. The molecule has 208 valence electrons. The van der Waals surface area contributed by atoms with E-state index in [0.29, 0.717) is 33.6 Å². The summed E-state index contributed by atoms with van der Waals surface area (Å²) in [5, 5.41) is 7.08. The number of nitrogens with one attached hydrogen (secondary N) is 2. The van der Waals surface area contributed by atoms with Gasteiger partial charge in [-0.15, -0.1) is 11.3 Å². The van der Waals surface area contributed by atoms with Crippen LogP contribution in [0.25, 0.3) is 0 Å². The van der Waals surface area contributed by atoms with Crippen LogP contribution < -0.4 is 20.3 Å². The third-order valence-corrected chi connectivity index (χ3v) is 7.72. The van der Waals surface area contributed by atoms with Crippen molar-refractivity contribution in [2.45, 2.75) is 65.3 Å². The van der Waals surface area contributed by atoms with Crippen LogP contribution >= 0.6 is 22.9 Å². The highest BCUT2D eigenvalue weighted by Crippen LogP contribution is 2.36. The van der Waals surface area contributed by atoms with Crippen molar-refractivity contribution in [1.82, 2.24) is 4.98 Å². The number of thiazole rings is 1. The van der Waals surface area contributed by atoms with Crippen LogP contribution in [-0.4, -0.2) is 36.0 Å². The van der Waals surface area contributed by atoms with Crippen molar-refractivity contribution in [3.8, 4) is 5.75 Å². The lowest BCUT2D eigenvalue weighted by molar-refractivity contribution is -0.118. The number of benzene rings is 2. The summed E-state index contributed by atoms with van der Waals surface area (Å²) in [7, 11) is 0. The Bertz CT molecular complexity index is 1260. The number of amides is 2. The van der Waals surface area contributed by atoms with Crippen LogP contribution in [0, 0.1) is 12.8 Å². The molecule has 1 aromatic heterocycles. The number of halogens is 1. The Morgan fingerprint density at radius 1 is 1.08 bits per heavy atom. The van der Waals surface area contributed by atoms with E-state index in [-0.39, 0.29) is 24.8 Å². The van der Waals surface area contributed by atoms with Gasteiger partial charge in [0.05, 0.1) is 17.8 Å². The average molecular weight is 569 g/mol. The van der Waals surface area contributed by atoms with Crippen LogP contribution in [-0.2, 0) is 16.0 Å². The number of carbonyl (C=O) groups excluding carboxylic acids is 2. The zero-order valence-corrected chi connectivity index (χ0v) is 24.4. The normalized spacial score (nSPS) is 13.8. The summed E-state index contributed by atoms with van der Waals surface area (Å²) >= 11 is 7.43. The molecule has 2 aromatic carbocycles. The van der Waals surface area contributed by atoms with Gasteiger partial charge in [-0.05, 0) is 55.5 Å². The molecule has 39 heavy (non-hydrogen) atoms. The molecule has 1 aliphatic rings. The third-order valence-electron chi connectivity index (χ3n) is 6.64. The van der Waals surface area contributed by atoms with Crippen molar-refractivity contribution in [2.75, 3.05) is 28.7 Å². The van der Waals surface area contributed by atoms with E-state index in [4.69, 9.17) is 16.3 Å². The van der Waals surface area contributed by atoms with Gasteiger partial charge in [0.2, 0.25) is 5.91 Å². The zero-order chi connectivity index (χ0) is 27.8. The van der Waals surface area contributed by atoms with Crippen LogP contribution in [0.4, 0.5) is 16.5 Å². The number of hydrogen-bond donors (Lipinski definition) is 2. The van der Waals surface area contributed by atoms with Crippen LogP contribution in [0.2, 0.25) is 5.02 Å². The molecule has 7 nitrogen and oxygen atoms in total. The van der Waals surface area contributed by atoms with E-state index in [1.807, 2.05) is 37.3 Å². The van der Waals surface area contributed by atoms with Crippen LogP contribution in [0.3, 0.4) is 0 Å². The maximum Gasteiger partial charge on any atom is 0.264 e. The Hall–Kier alpha value is -3.10. The van der Waals surface area contributed by atoms with E-state index in [1.54, 1.807) is 18.3 Å². The molecule has 0 unspecified atom stereocenters. The van der Waals surface area contributed by atoms with Gasteiger partial charge in [0.15, 0.2) is 11.7 Å². The maximum atomic E-state index is 13.1. The molecule has 0 saturated heterocycles. The predicted octanol–water partition coefficient (Wildman–Crippen LogP) is 7.10. The molecule has 1 fully saturated rings. The van der Waals surface area contributed by atoms with Crippen molar-refractivity contribution in [1.29, 1.82) is 0 Å². The lowest BCUT2D eigenvalue weighted by atomic mass is 9.93. The molecule has 1 heterocycles. The molecule has 9 heteroatoms. The molecule has 3 aromatic rings. The average Bonchev–Trinajstić information content (AvgIpc) is 3.32. The second kappa shape index (κ2) is 13.8. The highest BCUT2D eigenvalue weighted by Gasteiger charge is 2.25. The quantitative estimate of drug-likeness (QED) is 0.258. The third kappa shape index (κ3) is 8.70. The van der Waals surface area contributed by atoms with Gasteiger partial charge in [0.25, 0.3) is 5.91 Å². The first-order chi connectivity index (χ1) is 18.8. The van der Waals surface area contributed by atoms with E-state index in [2.05, 4.69) is 34.4 Å². The molecule has 0 bridgehead atoms. The van der Waals surface area contributed by atoms with Gasteiger partial charge in [-0.3, -0.25) is 14.9 Å². The van der Waals surface area contributed by atoms with Gasteiger partial charge in [-0.25, -0.2) is 4.98 Å². The summed E-state index contributed by atoms with van der Waals surface area (Å²) in [6.45, 7) is 7.10. The number of hydrogen-bond acceptors (Lipinski definition) is 6. The minimum absolute atomic E-state index is 0.124. The van der Waals surface area contributed by atoms with Crippen LogP contribution in [0.15, 0.2) is 48.7 Å². The Balaban J connectivity index is 1.54. The van der Waals surface area contributed by atoms with Crippen LogP contribution in [0.1, 0.15) is 56.4 Å². The molecule has 0 spiro atoms. The topological polar surface area (TPSA) is 83.6 Å². The molecular formula is C30H37ClN4O3S. The lowest BCUT2D eigenvalue weighted by Crippen LogP contribution is -2.40. The van der Waals surface area contributed by atoms with Gasteiger partial charge >= 0.3 is 0 Å². The van der Waals surface area contributed by atoms with Gasteiger partial charge in [-0.2, -0.15) is 0 Å². The van der Waals surface area contributed by atoms with Crippen molar-refractivity contribution in [2.24, 2.45) is 5.92 Å². The van der Waals surface area contributed by atoms with Crippen LogP contribution in [0.5, 0.6) is 5.75 Å². The van der Waals surface area contributed by atoms with Crippen molar-refractivity contribution < 1.29 is 14.3 Å². The number of anilines is 3. The van der Waals surface area contributed by atoms with E-state index in [9.17, 15) is 9.59 Å². The number of nitrogens with zero attached hydrogens (tertiary/aromatic N) is 2. The first-order valence-electron chi connectivity index (χ1n) is 13.6. The summed E-state index contributed by atoms with van der Waals surface area (Å²) in [5.41, 5.74) is 2.55. The number of aryl methyl sites for hydroxylation is 1. The minimum Gasteiger partial charge on any atom is -0.484 e. The first kappa shape index (κ1) is 28.9. The number of aromatic nitrogens is 1. The number of ether oxygens (including phenoxy) is 1. The number of rotatable bonds is 11. The summed E-state index contributed by atoms with van der Waals surface area (Å²) in [4.78, 5) is 33.2. The van der Waals surface area contributed by atoms with E-state index >= 15 is 0 Å². The largest absolute Gasteiger partial charge is 0.484 e. The van der Waals surface area contributed by atoms with E-state index in [0.717, 1.165) is 35.5 Å². The highest BCUT2D eigenvalue weighted by molar-refractivity contribution is 7.15. The van der Waals surface area contributed by atoms with E-state index < -0.39 is 0 Å². The molecule has 4 rings (SSSR count). The summed E-state index contributed by atoms with van der Waals surface area (Å²) in [6, 6.07) is 13.4. The molecular weight excluding hydrogens is 532 g/mol. The highest BCUT2D eigenvalue weighted by atomic mass is 35.5. The Morgan fingerprint density at radius 3 is 2.49 bits per heavy atom. The fourth-order valence-corrected chi connectivity index (χ4v) is 5.69. The second-order valence-corrected chi connectivity index (χ2v) is 12.2. The van der Waals surface area contributed by atoms with Gasteiger partial charge in [0, 0.05) is 34.7 Å². The second-order valence-electron chi connectivity index (χ2n) is 10.5. The first-order valence-corrected chi connectivity index (χ1v) is 14.8. The fourth-order valence-electron chi connectivity index (χ4n) is 4.88. The van der Waals surface area contributed by atoms with Crippen molar-refractivity contribution >= 4 is 51.3 Å². The lowest BCUT2D eigenvalue weighted by Gasteiger charge is -2.38. The smallest absolute Gasteiger partial charge is 0.264 e. The molecule has 2 amide bonds. The Morgan fingerprint density at radius 2 is 1.82 bits per heavy atom. The van der Waals surface area contributed by atoms with Crippen molar-refractivity contribution in [3.05, 3.63) is 64.1 Å². The number of carbonyl (C=O) groups is 2. The standard InChI is InChI=1S/C30H37ClN4O3S/c1-20(2)18-35(24-7-5-4-6-8-24)27-14-13-25(38-19-29(37)34-30-32-17-21(3)39-30)16-26(27)33-28(36)15-22-9-11-23(31)12-10-22/h9-14,16-17,20,24H,4-8,15,18-19H2,1-3H3,(H,33,36)(H,32,34,37). The summed E-state index contributed by atoms with van der Waals surface area (Å²) in [6.07, 6.45) is 7.92. The SMILES string of the molecule is Cc1cnc(NC(=O)COc2ccc(N(CC(C)C)C3CCCCC3)c(NC(=O)Cc3ccc(Cl)cc3)c2)s1. The van der Waals surface area contributed by atoms with Gasteiger partial charge in [0.1, 0.15) is 5.75 Å². The Labute approximate surface area is 239 Å². The maximum absolute atomic E-state index is 13.1. The summed E-state index contributed by atoms with van der Waals surface area (Å²) in [5.74, 6) is 0.559. The van der Waals surface area contributed by atoms with Crippen molar-refractivity contribution in [3.63, 3.8) is 0 Å². The minimum atomic E-state index is -0.287. The van der Waals surface area contributed by atoms with Gasteiger partial charge in [-0.1, -0.05) is 56.8 Å². The van der Waals surface area contributed by atoms with Gasteiger partial charge < -0.3 is 15.0 Å². The molecule has 2 N–H and O–H groups in total. The fraction of sp³-hybridized carbons (Fsp3) is 0.433. The zero-order valence-electron chi connectivity index (χ0n) is 22.8. The molecule has 0 atom stereocenters. The monoisotopic (exact) mass is 568 g/mol. The van der Waals surface area contributed by atoms with E-state index in [1.165, 1.54) is 30.6 Å².